The number of methoxy groups -OCH3 is 1. The molecule has 1 aromatic rings. The summed E-state index contributed by atoms with van der Waals surface area (Å²) in [6.07, 6.45) is 5.01. The summed E-state index contributed by atoms with van der Waals surface area (Å²) in [5, 5.41) is 0. The summed E-state index contributed by atoms with van der Waals surface area (Å²) in [5.41, 5.74) is -0.572. The molecule has 1 aliphatic carbocycles. The van der Waals surface area contributed by atoms with Gasteiger partial charge in [0, 0.05) is 7.11 Å². The number of benzene rings is 1. The van der Waals surface area contributed by atoms with Gasteiger partial charge in [-0.25, -0.2) is 0 Å². The number of nitrogens with zero attached hydrogens (tertiary/aromatic N) is 1. The normalized spacial score (nSPS) is 19.0. The second-order valence-corrected chi connectivity index (χ2v) is 5.00. The lowest BCUT2D eigenvalue weighted by molar-refractivity contribution is -0.210. The Bertz CT molecular complexity index is 379. The first-order valence-corrected chi connectivity index (χ1v) is 6.99. The molecule has 2 rings (SSSR count). The van der Waals surface area contributed by atoms with Crippen LogP contribution in [0.1, 0.15) is 32.1 Å². The SMILES string of the molecule is COC1(N(Oc2ccccc2)P=O)CCCCC1. The van der Waals surface area contributed by atoms with Crippen LogP contribution in [0.4, 0.5) is 0 Å². The van der Waals surface area contributed by atoms with Gasteiger partial charge in [0.05, 0.1) is 0 Å². The summed E-state index contributed by atoms with van der Waals surface area (Å²) in [6, 6.07) is 9.36. The third-order valence-corrected chi connectivity index (χ3v) is 3.97. The van der Waals surface area contributed by atoms with Gasteiger partial charge in [0.25, 0.3) is 8.61 Å². The molecule has 18 heavy (non-hydrogen) atoms. The smallest absolute Gasteiger partial charge is 0.288 e. The van der Waals surface area contributed by atoms with Gasteiger partial charge in [-0.1, -0.05) is 24.6 Å². The van der Waals surface area contributed by atoms with Crippen LogP contribution in [-0.4, -0.2) is 17.7 Å². The van der Waals surface area contributed by atoms with Crippen LogP contribution in [0.15, 0.2) is 30.3 Å². The topological polar surface area (TPSA) is 38.8 Å². The second kappa shape index (κ2) is 6.28. The molecule has 5 heteroatoms. The monoisotopic (exact) mass is 267 g/mol. The highest BCUT2D eigenvalue weighted by atomic mass is 31.1. The Kier molecular flexibility index (Phi) is 4.70. The van der Waals surface area contributed by atoms with E-state index in [0.717, 1.165) is 25.7 Å². The predicted molar refractivity (Wildman–Crippen MR) is 69.3 cm³/mol. The molecule has 1 saturated carbocycles. The minimum absolute atomic E-state index is 0.175. The number of para-hydroxylation sites is 1. The fourth-order valence-corrected chi connectivity index (χ4v) is 2.89. The summed E-state index contributed by atoms with van der Waals surface area (Å²) >= 11 is 0. The lowest BCUT2D eigenvalue weighted by Gasteiger charge is -2.39. The quantitative estimate of drug-likeness (QED) is 0.462. The highest BCUT2D eigenvalue weighted by Gasteiger charge is 2.41. The summed E-state index contributed by atoms with van der Waals surface area (Å²) < 4.78 is 17.0. The molecule has 0 bridgehead atoms. The lowest BCUT2D eigenvalue weighted by atomic mass is 9.92. The molecule has 0 aromatic heterocycles. The van der Waals surface area contributed by atoms with Crippen molar-refractivity contribution in [1.29, 1.82) is 0 Å². The van der Waals surface area contributed by atoms with Crippen LogP contribution in [0.5, 0.6) is 5.75 Å². The molecule has 0 amide bonds. The van der Waals surface area contributed by atoms with E-state index >= 15 is 0 Å². The van der Waals surface area contributed by atoms with E-state index in [9.17, 15) is 4.57 Å². The molecule has 0 spiro atoms. The number of hydrogen-bond acceptors (Lipinski definition) is 3. The summed E-state index contributed by atoms with van der Waals surface area (Å²) in [5.74, 6) is 0.669. The van der Waals surface area contributed by atoms with Crippen molar-refractivity contribution in [2.24, 2.45) is 0 Å². The Morgan fingerprint density at radius 3 is 2.39 bits per heavy atom. The van der Waals surface area contributed by atoms with E-state index in [1.807, 2.05) is 30.3 Å². The molecule has 98 valence electrons. The van der Waals surface area contributed by atoms with Gasteiger partial charge >= 0.3 is 0 Å². The van der Waals surface area contributed by atoms with E-state index in [4.69, 9.17) is 9.57 Å². The van der Waals surface area contributed by atoms with Gasteiger partial charge in [0.15, 0.2) is 5.72 Å². The maximum absolute atomic E-state index is 11.4. The van der Waals surface area contributed by atoms with Gasteiger partial charge in [-0.15, -0.1) is 0 Å². The number of rotatable bonds is 5. The highest BCUT2D eigenvalue weighted by molar-refractivity contribution is 7.20. The van der Waals surface area contributed by atoms with Gasteiger partial charge < -0.3 is 9.57 Å². The molecule has 1 aromatic carbocycles. The van der Waals surface area contributed by atoms with E-state index in [1.54, 1.807) is 7.11 Å². The van der Waals surface area contributed by atoms with Gasteiger partial charge in [-0.05, 0) is 42.6 Å². The first-order chi connectivity index (χ1) is 8.80. The highest BCUT2D eigenvalue weighted by Crippen LogP contribution is 2.38. The van der Waals surface area contributed by atoms with Crippen LogP contribution in [0.3, 0.4) is 0 Å². The van der Waals surface area contributed by atoms with Crippen LogP contribution in [-0.2, 0) is 9.30 Å². The van der Waals surface area contributed by atoms with Crippen molar-refractivity contribution in [2.75, 3.05) is 7.11 Å². The average molecular weight is 267 g/mol. The van der Waals surface area contributed by atoms with Crippen molar-refractivity contribution in [2.45, 2.75) is 37.8 Å². The predicted octanol–water partition coefficient (Wildman–Crippen LogP) is 3.80. The van der Waals surface area contributed by atoms with E-state index < -0.39 is 5.72 Å². The van der Waals surface area contributed by atoms with Crippen LogP contribution < -0.4 is 4.84 Å². The van der Waals surface area contributed by atoms with E-state index in [0.29, 0.717) is 5.75 Å². The fourth-order valence-electron chi connectivity index (χ4n) is 2.33. The number of hydrogen-bond donors (Lipinski definition) is 0. The Morgan fingerprint density at radius 2 is 1.83 bits per heavy atom. The molecule has 0 aliphatic heterocycles. The van der Waals surface area contributed by atoms with Crippen molar-refractivity contribution in [3.8, 4) is 5.75 Å². The van der Waals surface area contributed by atoms with E-state index in [2.05, 4.69) is 0 Å². The maximum Gasteiger partial charge on any atom is 0.288 e. The third kappa shape index (κ3) is 2.89. The molecule has 0 N–H and O–H groups in total. The van der Waals surface area contributed by atoms with Crippen LogP contribution >= 0.6 is 8.61 Å². The maximum atomic E-state index is 11.4. The van der Waals surface area contributed by atoms with Crippen molar-refractivity contribution < 1.29 is 14.1 Å². The average Bonchev–Trinajstić information content (AvgIpc) is 2.46. The molecule has 0 radical (unpaired) electrons. The zero-order valence-corrected chi connectivity index (χ0v) is 11.4. The fraction of sp³-hybridized carbons (Fsp3) is 0.538. The zero-order valence-electron chi connectivity index (χ0n) is 10.5. The standard InChI is InChI=1S/C13H18NO3P/c1-16-13(10-6-3-7-11-13)14(18-15)17-12-8-4-2-5-9-12/h2,4-5,8-9H,3,6-7,10-11H2,1H3. The first-order valence-electron chi connectivity index (χ1n) is 6.22. The molecule has 0 heterocycles. The molecular formula is C13H18NO3P. The van der Waals surface area contributed by atoms with Crippen LogP contribution in [0.2, 0.25) is 0 Å². The zero-order chi connectivity index (χ0) is 12.8. The van der Waals surface area contributed by atoms with E-state index in [1.165, 1.54) is 11.3 Å². The third-order valence-electron chi connectivity index (χ3n) is 3.37. The number of hydroxylamine groups is 1. The minimum atomic E-state index is -0.572. The summed E-state index contributed by atoms with van der Waals surface area (Å²) in [7, 11) is 1.48. The molecule has 0 unspecified atom stereocenters. The first kappa shape index (κ1) is 13.5. The van der Waals surface area contributed by atoms with Crippen LogP contribution in [0, 0.1) is 0 Å². The van der Waals surface area contributed by atoms with Gasteiger partial charge in [-0.2, -0.15) is 0 Å². The van der Waals surface area contributed by atoms with Crippen molar-refractivity contribution >= 4 is 8.61 Å². The Hall–Kier alpha value is -0.960. The Morgan fingerprint density at radius 1 is 1.17 bits per heavy atom. The largest absolute Gasteiger partial charge is 0.392 e. The Labute approximate surface area is 109 Å². The molecule has 4 nitrogen and oxygen atoms in total. The van der Waals surface area contributed by atoms with Crippen LogP contribution in [0.25, 0.3) is 0 Å². The van der Waals surface area contributed by atoms with E-state index in [-0.39, 0.29) is 8.61 Å². The summed E-state index contributed by atoms with van der Waals surface area (Å²) in [6.45, 7) is 0. The molecule has 1 aliphatic rings. The Balaban J connectivity index is 2.13. The second-order valence-electron chi connectivity index (χ2n) is 4.47. The van der Waals surface area contributed by atoms with Gasteiger partial charge in [0.2, 0.25) is 0 Å². The molecular weight excluding hydrogens is 249 g/mol. The van der Waals surface area contributed by atoms with Crippen molar-refractivity contribution in [1.82, 2.24) is 4.83 Å². The molecule has 0 saturated heterocycles. The number of ether oxygens (including phenoxy) is 1. The van der Waals surface area contributed by atoms with Crippen molar-refractivity contribution in [3.05, 3.63) is 30.3 Å². The van der Waals surface area contributed by atoms with Crippen molar-refractivity contribution in [3.63, 3.8) is 0 Å². The lowest BCUT2D eigenvalue weighted by Crippen LogP contribution is -2.48. The summed E-state index contributed by atoms with van der Waals surface area (Å²) in [4.78, 5) is 7.10. The molecule has 1 fully saturated rings. The molecule has 0 atom stereocenters. The van der Waals surface area contributed by atoms with Gasteiger partial charge in [0.1, 0.15) is 5.75 Å². The van der Waals surface area contributed by atoms with Gasteiger partial charge in [-0.3, -0.25) is 4.57 Å². The minimum Gasteiger partial charge on any atom is -0.392 e.